The smallest absolute Gasteiger partial charge is 0.255 e. The number of hydrogen-bond acceptors (Lipinski definition) is 6. The molecule has 0 aromatic heterocycles. The molecule has 0 fully saturated rings. The monoisotopic (exact) mass is 595 g/mol. The van der Waals surface area contributed by atoms with Crippen LogP contribution in [0.1, 0.15) is 11.1 Å². The maximum Gasteiger partial charge on any atom is 0.255 e. The second-order valence-electron chi connectivity index (χ2n) is 7.77. The van der Waals surface area contributed by atoms with Gasteiger partial charge in [-0.15, -0.1) is 0 Å². The van der Waals surface area contributed by atoms with Crippen LogP contribution in [0.15, 0.2) is 83.3 Å². The van der Waals surface area contributed by atoms with Gasteiger partial charge in [0.15, 0.2) is 11.5 Å². The number of hydrazone groups is 1. The Balaban J connectivity index is 1.78. The van der Waals surface area contributed by atoms with Crippen LogP contribution in [0.25, 0.3) is 0 Å². The number of amides is 1. The molecule has 0 heterocycles. The van der Waals surface area contributed by atoms with Crippen LogP contribution in [0.2, 0.25) is 15.1 Å². The van der Waals surface area contributed by atoms with Crippen LogP contribution in [-0.2, 0) is 21.4 Å². The number of carbonyl (C=O) groups is 1. The molecule has 3 aromatic carbocycles. The molecule has 0 aliphatic rings. The van der Waals surface area contributed by atoms with Crippen molar-refractivity contribution in [2.24, 2.45) is 5.10 Å². The van der Waals surface area contributed by atoms with Crippen LogP contribution in [0, 0.1) is 0 Å². The highest BCUT2D eigenvalue weighted by atomic mass is 35.5. The first-order valence-electron chi connectivity index (χ1n) is 11.1. The van der Waals surface area contributed by atoms with Gasteiger partial charge in [-0.3, -0.25) is 4.79 Å². The van der Waals surface area contributed by atoms with Crippen LogP contribution in [0.5, 0.6) is 11.5 Å². The fraction of sp³-hybridized carbons (Fsp3) is 0.154. The van der Waals surface area contributed by atoms with Crippen molar-refractivity contribution in [2.75, 3.05) is 20.3 Å². The predicted octanol–water partition coefficient (Wildman–Crippen LogP) is 5.56. The summed E-state index contributed by atoms with van der Waals surface area (Å²) in [7, 11) is -2.60. The maximum atomic E-state index is 13.4. The Hall–Kier alpha value is -3.08. The number of sulfonamides is 1. The SMILES string of the molecule is C=CCOc1ccc(/C=N\NC(=O)CN(Cc2ccc(Cl)cc2Cl)S(=O)(=O)c2ccc(Cl)cc2)cc1OC. The van der Waals surface area contributed by atoms with E-state index in [4.69, 9.17) is 44.3 Å². The first-order valence-corrected chi connectivity index (χ1v) is 13.6. The third-order valence-corrected chi connectivity index (χ3v) is 7.73. The van der Waals surface area contributed by atoms with Gasteiger partial charge in [0.2, 0.25) is 10.0 Å². The van der Waals surface area contributed by atoms with Crippen LogP contribution < -0.4 is 14.9 Å². The number of nitrogens with zero attached hydrogens (tertiary/aromatic N) is 2. The lowest BCUT2D eigenvalue weighted by Gasteiger charge is -2.22. The number of benzene rings is 3. The minimum absolute atomic E-state index is 0.0332. The zero-order valence-electron chi connectivity index (χ0n) is 20.2. The third kappa shape index (κ3) is 7.96. The topological polar surface area (TPSA) is 97.3 Å². The van der Waals surface area contributed by atoms with E-state index in [1.165, 1.54) is 43.7 Å². The number of nitrogens with one attached hydrogen (secondary N) is 1. The second-order valence-corrected chi connectivity index (χ2v) is 11.0. The summed E-state index contributed by atoms with van der Waals surface area (Å²) in [5.74, 6) is 0.335. The molecule has 0 unspecified atom stereocenters. The van der Waals surface area contributed by atoms with Crippen molar-refractivity contribution in [3.05, 3.63) is 99.5 Å². The molecule has 0 aliphatic carbocycles. The minimum Gasteiger partial charge on any atom is -0.493 e. The lowest BCUT2D eigenvalue weighted by atomic mass is 10.2. The molecule has 0 radical (unpaired) electrons. The molecule has 0 atom stereocenters. The Morgan fingerprint density at radius 2 is 1.74 bits per heavy atom. The molecule has 8 nitrogen and oxygen atoms in total. The molecule has 3 rings (SSSR count). The van der Waals surface area contributed by atoms with Crippen LogP contribution >= 0.6 is 34.8 Å². The fourth-order valence-corrected chi connectivity index (χ4v) is 5.20. The van der Waals surface area contributed by atoms with Gasteiger partial charge in [-0.05, 0) is 65.7 Å². The van der Waals surface area contributed by atoms with Crippen molar-refractivity contribution in [3.8, 4) is 11.5 Å². The van der Waals surface area contributed by atoms with Crippen LogP contribution in [0.3, 0.4) is 0 Å². The highest BCUT2D eigenvalue weighted by Crippen LogP contribution is 2.28. The van der Waals surface area contributed by atoms with Gasteiger partial charge in [-0.1, -0.05) is 53.5 Å². The van der Waals surface area contributed by atoms with Crippen molar-refractivity contribution in [1.29, 1.82) is 0 Å². The first kappa shape index (κ1) is 29.5. The molecular formula is C26H24Cl3N3O5S. The minimum atomic E-state index is -4.10. The average Bonchev–Trinajstić information content (AvgIpc) is 2.89. The van der Waals surface area contributed by atoms with Gasteiger partial charge >= 0.3 is 0 Å². The molecule has 1 amide bonds. The summed E-state index contributed by atoms with van der Waals surface area (Å²) in [5, 5.41) is 4.98. The van der Waals surface area contributed by atoms with E-state index in [-0.39, 0.29) is 16.5 Å². The number of carbonyl (C=O) groups excluding carboxylic acids is 1. The lowest BCUT2D eigenvalue weighted by molar-refractivity contribution is -0.121. The number of rotatable bonds is 12. The van der Waals surface area contributed by atoms with Gasteiger partial charge in [0.05, 0.1) is 24.8 Å². The van der Waals surface area contributed by atoms with Gasteiger partial charge in [-0.2, -0.15) is 9.41 Å². The zero-order valence-corrected chi connectivity index (χ0v) is 23.3. The second kappa shape index (κ2) is 13.6. The molecule has 200 valence electrons. The molecule has 0 bridgehead atoms. The van der Waals surface area contributed by atoms with Crippen molar-refractivity contribution in [3.63, 3.8) is 0 Å². The summed E-state index contributed by atoms with van der Waals surface area (Å²) in [4.78, 5) is 12.7. The Bertz CT molecular complexity index is 1430. The van der Waals surface area contributed by atoms with E-state index in [1.807, 2.05) is 0 Å². The molecular weight excluding hydrogens is 573 g/mol. The van der Waals surface area contributed by atoms with Crippen molar-refractivity contribution >= 4 is 56.9 Å². The quantitative estimate of drug-likeness (QED) is 0.168. The van der Waals surface area contributed by atoms with Gasteiger partial charge < -0.3 is 9.47 Å². The van der Waals surface area contributed by atoms with E-state index in [2.05, 4.69) is 17.1 Å². The normalized spacial score (nSPS) is 11.5. The molecule has 12 heteroatoms. The number of hydrogen-bond donors (Lipinski definition) is 1. The van der Waals surface area contributed by atoms with Gasteiger partial charge in [0.1, 0.15) is 6.61 Å². The summed E-state index contributed by atoms with van der Waals surface area (Å²) in [5.41, 5.74) is 3.44. The Morgan fingerprint density at radius 1 is 1.03 bits per heavy atom. The summed E-state index contributed by atoms with van der Waals surface area (Å²) in [6.07, 6.45) is 3.01. The average molecular weight is 597 g/mol. The largest absolute Gasteiger partial charge is 0.493 e. The Labute approximate surface area is 236 Å². The summed E-state index contributed by atoms with van der Waals surface area (Å²) in [6.45, 7) is 3.22. The summed E-state index contributed by atoms with van der Waals surface area (Å²) < 4.78 is 38.6. The standard InChI is InChI=1S/C26H24Cl3N3O5S/c1-3-12-37-24-11-4-18(13-25(24)36-2)15-30-31-26(33)17-32(16-19-5-6-21(28)14-23(19)29)38(34,35)22-9-7-20(27)8-10-22/h3-11,13-15H,1,12,16-17H2,2H3,(H,31,33)/b30-15-. The summed E-state index contributed by atoms with van der Waals surface area (Å²) >= 11 is 18.2. The molecule has 0 saturated heterocycles. The molecule has 1 N–H and O–H groups in total. The Kier molecular flexibility index (Phi) is 10.6. The Morgan fingerprint density at radius 3 is 2.39 bits per heavy atom. The van der Waals surface area contributed by atoms with Crippen molar-refractivity contribution in [1.82, 2.24) is 9.73 Å². The van der Waals surface area contributed by atoms with E-state index >= 15 is 0 Å². The summed E-state index contributed by atoms with van der Waals surface area (Å²) in [6, 6.07) is 15.4. The van der Waals surface area contributed by atoms with Crippen LogP contribution in [-0.4, -0.2) is 45.1 Å². The predicted molar refractivity (Wildman–Crippen MR) is 150 cm³/mol. The number of methoxy groups -OCH3 is 1. The van der Waals surface area contributed by atoms with E-state index in [1.54, 1.807) is 36.4 Å². The van der Waals surface area contributed by atoms with E-state index in [9.17, 15) is 13.2 Å². The van der Waals surface area contributed by atoms with Gasteiger partial charge in [0.25, 0.3) is 5.91 Å². The van der Waals surface area contributed by atoms with E-state index < -0.39 is 22.5 Å². The molecule has 0 saturated carbocycles. The zero-order chi connectivity index (χ0) is 27.7. The molecule has 0 aliphatic heterocycles. The highest BCUT2D eigenvalue weighted by Gasteiger charge is 2.27. The lowest BCUT2D eigenvalue weighted by Crippen LogP contribution is -2.39. The van der Waals surface area contributed by atoms with E-state index in [0.717, 1.165) is 4.31 Å². The third-order valence-electron chi connectivity index (χ3n) is 5.08. The number of halogens is 3. The van der Waals surface area contributed by atoms with Crippen molar-refractivity contribution in [2.45, 2.75) is 11.4 Å². The molecule has 0 spiro atoms. The number of ether oxygens (including phenoxy) is 2. The van der Waals surface area contributed by atoms with Crippen LogP contribution in [0.4, 0.5) is 0 Å². The van der Waals surface area contributed by atoms with Gasteiger partial charge in [-0.25, -0.2) is 13.8 Å². The molecule has 3 aromatic rings. The molecule has 38 heavy (non-hydrogen) atoms. The van der Waals surface area contributed by atoms with E-state index in [0.29, 0.717) is 39.3 Å². The first-order chi connectivity index (χ1) is 18.1. The fourth-order valence-electron chi connectivity index (χ4n) is 3.23. The van der Waals surface area contributed by atoms with Crippen molar-refractivity contribution < 1.29 is 22.7 Å². The maximum absolute atomic E-state index is 13.4. The highest BCUT2D eigenvalue weighted by molar-refractivity contribution is 7.89. The van der Waals surface area contributed by atoms with Gasteiger partial charge in [0, 0.05) is 21.6 Å².